The van der Waals surface area contributed by atoms with Gasteiger partial charge in [-0.05, 0) is 153 Å². The third-order valence-corrected chi connectivity index (χ3v) is 14.5. The number of nitrogens with two attached hydrogens (primary N) is 7. The maximum Gasteiger partial charge on any atom is 0.322 e. The zero-order valence-corrected chi connectivity index (χ0v) is 51.8. The molecule has 33 heteroatoms. The Hall–Kier alpha value is -8.27. The van der Waals surface area contributed by atoms with E-state index in [0.29, 0.717) is 63.4 Å². The first-order valence-electron chi connectivity index (χ1n) is 30.7. The quantitative estimate of drug-likeness (QED) is 0.0164. The van der Waals surface area contributed by atoms with Gasteiger partial charge < -0.3 is 108 Å². The van der Waals surface area contributed by atoms with Crippen molar-refractivity contribution in [2.24, 2.45) is 51.0 Å². The third kappa shape index (κ3) is 30.3. The van der Waals surface area contributed by atoms with Gasteiger partial charge in [0.05, 0.1) is 19.6 Å². The number of hydrogen-bond donors (Lipinski definition) is 19. The van der Waals surface area contributed by atoms with Crippen LogP contribution in [-0.2, 0) is 64.0 Å². The normalized spacial score (nSPS) is 15.0. The number of carboxylic acids is 1. The van der Waals surface area contributed by atoms with Gasteiger partial charge in [0.25, 0.3) is 0 Å². The Morgan fingerprint density at radius 2 is 0.967 bits per heavy atom. The van der Waals surface area contributed by atoms with Gasteiger partial charge >= 0.3 is 5.97 Å². The van der Waals surface area contributed by atoms with Crippen molar-refractivity contribution in [3.05, 3.63) is 29.8 Å². The van der Waals surface area contributed by atoms with Gasteiger partial charge in [0.1, 0.15) is 60.6 Å². The van der Waals surface area contributed by atoms with E-state index < -0.39 is 151 Å². The number of carbonyl (C=O) groups excluding carboxylic acids is 11. The number of benzene rings is 1. The van der Waals surface area contributed by atoms with Crippen molar-refractivity contribution in [2.75, 3.05) is 65.4 Å². The SMILES string of the molecule is CC(C)[C@H](NC(=O)[C@H](CCCCN)NC(=O)[C@H](CCCN=C(N)N)NC(=O)[C@H](CCCCN)NC(=O)[C@H](CCCCN)NC(=O)[C@H](CCCCN)NC(=O)[C@@H]1CCCN1C(=O)CNC(=O)[C@H](Cc1ccc(O)cc1)NC(=O)CN)C(=O)NCC(=O)NCC(=O)O. The summed E-state index contributed by atoms with van der Waals surface area (Å²) in [6.07, 6.45) is 3.92. The van der Waals surface area contributed by atoms with Crippen LogP contribution in [0, 0.1) is 5.92 Å². The Kier molecular flexibility index (Phi) is 37.5. The summed E-state index contributed by atoms with van der Waals surface area (Å²) in [6, 6.07) is -4.04. The van der Waals surface area contributed by atoms with E-state index in [1.165, 1.54) is 17.0 Å². The molecule has 0 aliphatic carbocycles. The largest absolute Gasteiger partial charge is 0.508 e. The molecule has 1 aromatic carbocycles. The van der Waals surface area contributed by atoms with Crippen molar-refractivity contribution in [1.29, 1.82) is 0 Å². The zero-order chi connectivity index (χ0) is 67.1. The number of guanidine groups is 1. The van der Waals surface area contributed by atoms with Crippen LogP contribution < -0.4 is 93.3 Å². The minimum Gasteiger partial charge on any atom is -0.508 e. The first-order valence-corrected chi connectivity index (χ1v) is 30.7. The number of carboxylic acid groups (broad SMARTS) is 1. The number of aromatic hydroxyl groups is 1. The smallest absolute Gasteiger partial charge is 0.322 e. The van der Waals surface area contributed by atoms with Crippen LogP contribution in [-0.4, -0.2) is 206 Å². The zero-order valence-electron chi connectivity index (χ0n) is 51.8. The Morgan fingerprint density at radius 1 is 0.522 bits per heavy atom. The van der Waals surface area contributed by atoms with Crippen LogP contribution >= 0.6 is 0 Å². The standard InChI is InChI=1S/C57H99N19O14/c1-34(2)48(56(90)67-31-45(79)66-33-47(81)82)75-54(88)40(16-6-10-26-61)72-53(87)41(17-11-27-65-57(63)64)73-51(85)38(14-4-8-24-59)70-50(84)37(13-3-7-23-58)71-52(86)39(15-5-9-25-60)74-55(89)43-18-12-28-76(43)46(80)32-68-49(83)42(69-44(78)30-62)29-35-19-21-36(77)22-20-35/h19-22,34,37-43,48,77H,3-18,23-33,58-62H2,1-2H3,(H,66,79)(H,67,90)(H,68,83)(H,69,78)(H,70,84)(H,71,86)(H,72,87)(H,73,85)(H,74,89)(H,75,88)(H,81,82)(H4,63,64,65)/t37-,38-,39-,40-,41-,42-,43-,48-/m0/s1. The third-order valence-electron chi connectivity index (χ3n) is 14.5. The molecule has 26 N–H and O–H groups in total. The molecule has 0 saturated carbocycles. The molecule has 1 aliphatic rings. The summed E-state index contributed by atoms with van der Waals surface area (Å²) in [4.78, 5) is 167. The van der Waals surface area contributed by atoms with Crippen molar-refractivity contribution in [2.45, 2.75) is 171 Å². The highest BCUT2D eigenvalue weighted by molar-refractivity contribution is 5.99. The minimum atomic E-state index is -1.38. The Labute approximate surface area is 524 Å². The van der Waals surface area contributed by atoms with Gasteiger partial charge in [0, 0.05) is 19.5 Å². The molecule has 1 fully saturated rings. The predicted molar refractivity (Wildman–Crippen MR) is 332 cm³/mol. The highest BCUT2D eigenvalue weighted by atomic mass is 16.4. The number of aliphatic imine (C=N–C) groups is 1. The van der Waals surface area contributed by atoms with Crippen LogP contribution in [0.5, 0.6) is 5.75 Å². The number of aliphatic carboxylic acids is 1. The molecular formula is C57H99N19O14. The summed E-state index contributed by atoms with van der Waals surface area (Å²) in [5.41, 5.74) is 40.4. The topological polar surface area (TPSA) is 563 Å². The second-order valence-corrected chi connectivity index (χ2v) is 22.2. The monoisotopic (exact) mass is 1270 g/mol. The Balaban J connectivity index is 2.42. The molecule has 2 rings (SSSR count). The van der Waals surface area contributed by atoms with Crippen molar-refractivity contribution in [1.82, 2.24) is 58.1 Å². The number of nitrogens with zero attached hydrogens (tertiary/aromatic N) is 2. The number of nitrogens with one attached hydrogen (secondary N) is 10. The fourth-order valence-corrected chi connectivity index (χ4v) is 9.53. The molecule has 1 aliphatic heterocycles. The molecule has 506 valence electrons. The number of likely N-dealkylation sites (tertiary alicyclic amines) is 1. The summed E-state index contributed by atoms with van der Waals surface area (Å²) in [6.45, 7) is 2.16. The lowest BCUT2D eigenvalue weighted by molar-refractivity contribution is -0.140. The molecule has 0 bridgehead atoms. The molecule has 8 atom stereocenters. The minimum absolute atomic E-state index is 0.00183. The van der Waals surface area contributed by atoms with Crippen LogP contribution in [0.25, 0.3) is 0 Å². The molecule has 0 spiro atoms. The first-order chi connectivity index (χ1) is 42.9. The second-order valence-electron chi connectivity index (χ2n) is 22.2. The molecular weight excluding hydrogens is 1170 g/mol. The first kappa shape index (κ1) is 77.8. The number of hydrogen-bond acceptors (Lipinski definition) is 19. The molecule has 11 amide bonds. The van der Waals surface area contributed by atoms with E-state index in [-0.39, 0.29) is 102 Å². The van der Waals surface area contributed by atoms with Gasteiger partial charge in [0.15, 0.2) is 5.96 Å². The van der Waals surface area contributed by atoms with Crippen LogP contribution in [0.15, 0.2) is 29.3 Å². The van der Waals surface area contributed by atoms with Crippen LogP contribution in [0.2, 0.25) is 0 Å². The second kappa shape index (κ2) is 43.4. The van der Waals surface area contributed by atoms with Gasteiger partial charge in [-0.15, -0.1) is 0 Å². The number of unbranched alkanes of at least 4 members (excludes halogenated alkanes) is 4. The van der Waals surface area contributed by atoms with Gasteiger partial charge in [-0.3, -0.25) is 62.5 Å². The van der Waals surface area contributed by atoms with Crippen molar-refractivity contribution in [3.8, 4) is 5.75 Å². The summed E-state index contributed by atoms with van der Waals surface area (Å²) in [5, 5.41) is 44.4. The van der Waals surface area contributed by atoms with E-state index in [9.17, 15) is 62.6 Å². The lowest BCUT2D eigenvalue weighted by Gasteiger charge is -2.29. The number of amides is 11. The van der Waals surface area contributed by atoms with Crippen LogP contribution in [0.1, 0.15) is 122 Å². The molecule has 90 heavy (non-hydrogen) atoms. The fourth-order valence-electron chi connectivity index (χ4n) is 9.53. The molecule has 0 radical (unpaired) electrons. The van der Waals surface area contributed by atoms with E-state index in [2.05, 4.69) is 58.2 Å². The summed E-state index contributed by atoms with van der Waals surface area (Å²) < 4.78 is 0. The van der Waals surface area contributed by atoms with Gasteiger partial charge in [0.2, 0.25) is 65.0 Å². The van der Waals surface area contributed by atoms with Gasteiger partial charge in [-0.25, -0.2) is 0 Å². The van der Waals surface area contributed by atoms with Crippen LogP contribution in [0.3, 0.4) is 0 Å². The molecule has 0 unspecified atom stereocenters. The molecule has 1 heterocycles. The average Bonchev–Trinajstić information content (AvgIpc) is 2.63. The highest BCUT2D eigenvalue weighted by Crippen LogP contribution is 2.19. The van der Waals surface area contributed by atoms with E-state index >= 15 is 0 Å². The molecule has 1 aromatic rings. The van der Waals surface area contributed by atoms with Crippen LogP contribution in [0.4, 0.5) is 0 Å². The predicted octanol–water partition coefficient (Wildman–Crippen LogP) is -6.06. The van der Waals surface area contributed by atoms with E-state index in [0.717, 1.165) is 0 Å². The number of rotatable bonds is 45. The highest BCUT2D eigenvalue weighted by Gasteiger charge is 2.38. The Bertz CT molecular complexity index is 2520. The lowest BCUT2D eigenvalue weighted by atomic mass is 10.0. The van der Waals surface area contributed by atoms with Gasteiger partial charge in [-0.2, -0.15) is 0 Å². The molecule has 1 saturated heterocycles. The lowest BCUT2D eigenvalue weighted by Crippen LogP contribution is -2.60. The summed E-state index contributed by atoms with van der Waals surface area (Å²) >= 11 is 0. The fraction of sp³-hybridized carbons (Fsp3) is 0.667. The summed E-state index contributed by atoms with van der Waals surface area (Å²) in [5.74, 6) is -10.3. The maximum absolute atomic E-state index is 14.5. The number of phenolic OH excluding ortho intramolecular Hbond substituents is 1. The van der Waals surface area contributed by atoms with Crippen molar-refractivity contribution < 1.29 is 67.7 Å². The van der Waals surface area contributed by atoms with E-state index in [4.69, 9.17) is 45.2 Å². The molecule has 0 aromatic heterocycles. The summed E-state index contributed by atoms with van der Waals surface area (Å²) in [7, 11) is 0. The molecule has 33 nitrogen and oxygen atoms in total. The maximum atomic E-state index is 14.5. The Morgan fingerprint density at radius 3 is 1.40 bits per heavy atom. The average molecular weight is 1270 g/mol. The van der Waals surface area contributed by atoms with E-state index in [1.54, 1.807) is 26.0 Å². The van der Waals surface area contributed by atoms with Crippen molar-refractivity contribution >= 4 is 76.9 Å². The number of phenols is 1. The number of carbonyl (C=O) groups is 12. The van der Waals surface area contributed by atoms with E-state index in [1.807, 2.05) is 0 Å². The van der Waals surface area contributed by atoms with Gasteiger partial charge in [-0.1, -0.05) is 26.0 Å². The van der Waals surface area contributed by atoms with Crippen molar-refractivity contribution in [3.63, 3.8) is 0 Å².